The van der Waals surface area contributed by atoms with Crippen molar-refractivity contribution in [3.63, 3.8) is 0 Å². The molecule has 0 spiro atoms. The minimum absolute atomic E-state index is 0.210. The minimum Gasteiger partial charge on any atom is -0.266 e. The number of hydrogen-bond donors (Lipinski definition) is 1. The minimum atomic E-state index is -3.36. The number of pyridine rings is 1. The maximum absolute atomic E-state index is 12.1. The Labute approximate surface area is 169 Å². The van der Waals surface area contributed by atoms with Gasteiger partial charge in [-0.25, -0.2) is 8.42 Å². The first-order chi connectivity index (χ1) is 14.0. The molecule has 2 aromatic heterocycles. The summed E-state index contributed by atoms with van der Waals surface area (Å²) in [6, 6.07) is 23.0. The van der Waals surface area contributed by atoms with Crippen LogP contribution in [0.25, 0.3) is 33.6 Å². The van der Waals surface area contributed by atoms with Crippen molar-refractivity contribution in [1.82, 2.24) is 15.2 Å². The summed E-state index contributed by atoms with van der Waals surface area (Å²) in [4.78, 5) is 5.01. The van der Waals surface area contributed by atoms with Gasteiger partial charge in [0.05, 0.1) is 17.1 Å². The monoisotopic (exact) mass is 400 g/mol. The Bertz CT molecular complexity index is 1310. The van der Waals surface area contributed by atoms with E-state index in [1.807, 2.05) is 42.5 Å². The third-order valence-corrected chi connectivity index (χ3v) is 6.32. The number of hydrogen-bond acceptors (Lipinski definition) is 4. The van der Waals surface area contributed by atoms with Crippen LogP contribution in [0.1, 0.15) is 11.3 Å². The van der Waals surface area contributed by atoms with E-state index < -0.39 is 9.84 Å². The second-order valence-electron chi connectivity index (χ2n) is 7.19. The van der Waals surface area contributed by atoms with E-state index in [0.29, 0.717) is 18.5 Å². The van der Waals surface area contributed by atoms with Gasteiger partial charge in [0.1, 0.15) is 0 Å². The van der Waals surface area contributed by atoms with Gasteiger partial charge in [-0.1, -0.05) is 54.6 Å². The normalized spacial score (nSPS) is 13.0. The second kappa shape index (κ2) is 6.67. The molecule has 5 nitrogen and oxygen atoms in total. The van der Waals surface area contributed by atoms with Gasteiger partial charge < -0.3 is 0 Å². The predicted molar refractivity (Wildman–Crippen MR) is 112 cm³/mol. The second-order valence-corrected chi connectivity index (χ2v) is 9.14. The summed E-state index contributed by atoms with van der Waals surface area (Å²) in [5.41, 5.74) is 7.24. The summed E-state index contributed by atoms with van der Waals surface area (Å²) in [5, 5.41) is 7.30. The van der Waals surface area contributed by atoms with E-state index in [1.165, 1.54) is 6.26 Å². The van der Waals surface area contributed by atoms with Crippen LogP contribution in [0.5, 0.6) is 0 Å². The SMILES string of the molecule is CS(=O)(=O)c1[nH]nc2c1CCc1nc(-c3cc[c]cc3)c(-c3ccccc3)cc1-2. The molecule has 1 radical (unpaired) electrons. The first-order valence-electron chi connectivity index (χ1n) is 9.36. The Morgan fingerprint density at radius 2 is 1.69 bits per heavy atom. The van der Waals surface area contributed by atoms with Gasteiger partial charge in [0.15, 0.2) is 14.9 Å². The van der Waals surface area contributed by atoms with Crippen molar-refractivity contribution in [3.8, 4) is 33.6 Å². The highest BCUT2D eigenvalue weighted by molar-refractivity contribution is 7.90. The van der Waals surface area contributed by atoms with Gasteiger partial charge in [-0.2, -0.15) is 5.10 Å². The van der Waals surface area contributed by atoms with Gasteiger partial charge in [-0.05, 0) is 30.5 Å². The number of nitrogens with zero attached hydrogens (tertiary/aromatic N) is 2. The number of nitrogens with one attached hydrogen (secondary N) is 1. The number of H-pyrrole nitrogens is 1. The molecular weight excluding hydrogens is 382 g/mol. The van der Waals surface area contributed by atoms with Crippen molar-refractivity contribution >= 4 is 9.84 Å². The zero-order valence-electron chi connectivity index (χ0n) is 15.8. The molecule has 5 rings (SSSR count). The highest BCUT2D eigenvalue weighted by Crippen LogP contribution is 2.40. The third-order valence-electron chi connectivity index (χ3n) is 5.24. The van der Waals surface area contributed by atoms with Crippen LogP contribution in [0.4, 0.5) is 0 Å². The van der Waals surface area contributed by atoms with E-state index in [1.54, 1.807) is 0 Å². The van der Waals surface area contributed by atoms with E-state index in [4.69, 9.17) is 4.98 Å². The predicted octanol–water partition coefficient (Wildman–Crippen LogP) is 4.11. The van der Waals surface area contributed by atoms with Crippen molar-refractivity contribution < 1.29 is 8.42 Å². The van der Waals surface area contributed by atoms with Crippen LogP contribution in [-0.2, 0) is 22.7 Å². The average Bonchev–Trinajstić information content (AvgIpc) is 3.19. The molecule has 6 heteroatoms. The smallest absolute Gasteiger partial charge is 0.192 e. The van der Waals surface area contributed by atoms with Crippen LogP contribution in [0, 0.1) is 6.07 Å². The highest BCUT2D eigenvalue weighted by atomic mass is 32.2. The van der Waals surface area contributed by atoms with Crippen molar-refractivity contribution in [3.05, 3.63) is 78.0 Å². The summed E-state index contributed by atoms with van der Waals surface area (Å²) in [7, 11) is -3.36. The summed E-state index contributed by atoms with van der Waals surface area (Å²) in [5.74, 6) is 0. The van der Waals surface area contributed by atoms with Crippen molar-refractivity contribution in [2.75, 3.05) is 6.26 Å². The lowest BCUT2D eigenvalue weighted by atomic mass is 9.89. The maximum Gasteiger partial charge on any atom is 0.192 e. The number of sulfone groups is 1. The Balaban J connectivity index is 1.77. The highest BCUT2D eigenvalue weighted by Gasteiger charge is 2.28. The summed E-state index contributed by atoms with van der Waals surface area (Å²) in [6.07, 6.45) is 2.48. The quantitative estimate of drug-likeness (QED) is 0.562. The van der Waals surface area contributed by atoms with Crippen LogP contribution < -0.4 is 0 Å². The Hall–Kier alpha value is -3.25. The topological polar surface area (TPSA) is 75.7 Å². The van der Waals surface area contributed by atoms with E-state index in [-0.39, 0.29) is 5.03 Å². The lowest BCUT2D eigenvalue weighted by molar-refractivity contribution is 0.596. The lowest BCUT2D eigenvalue weighted by Gasteiger charge is -2.19. The molecule has 0 unspecified atom stereocenters. The zero-order valence-corrected chi connectivity index (χ0v) is 16.6. The zero-order chi connectivity index (χ0) is 20.0. The molecule has 4 aromatic rings. The van der Waals surface area contributed by atoms with Gasteiger partial charge in [0.2, 0.25) is 0 Å². The third kappa shape index (κ3) is 3.06. The summed E-state index contributed by atoms with van der Waals surface area (Å²) >= 11 is 0. The fraction of sp³-hybridized carbons (Fsp3) is 0.130. The molecule has 0 bridgehead atoms. The van der Waals surface area contributed by atoms with Crippen LogP contribution >= 0.6 is 0 Å². The van der Waals surface area contributed by atoms with Gasteiger partial charge in [0, 0.05) is 28.5 Å². The van der Waals surface area contributed by atoms with Crippen LogP contribution in [-0.4, -0.2) is 29.9 Å². The summed E-state index contributed by atoms with van der Waals surface area (Å²) < 4.78 is 24.2. The molecule has 0 fully saturated rings. The van der Waals surface area contributed by atoms with E-state index in [9.17, 15) is 8.42 Å². The van der Waals surface area contributed by atoms with Crippen molar-refractivity contribution in [2.24, 2.45) is 0 Å². The molecule has 1 N–H and O–H groups in total. The van der Waals surface area contributed by atoms with Gasteiger partial charge in [-0.15, -0.1) is 0 Å². The largest absolute Gasteiger partial charge is 0.266 e. The van der Waals surface area contributed by atoms with Crippen LogP contribution in [0.2, 0.25) is 0 Å². The van der Waals surface area contributed by atoms with Gasteiger partial charge in [-0.3, -0.25) is 10.1 Å². The fourth-order valence-corrected chi connectivity index (χ4v) is 4.76. The molecule has 1 aliphatic rings. The maximum atomic E-state index is 12.1. The van der Waals surface area contributed by atoms with Crippen molar-refractivity contribution in [2.45, 2.75) is 17.9 Å². The molecule has 2 aromatic carbocycles. The first kappa shape index (κ1) is 17.8. The molecule has 0 aliphatic heterocycles. The molecule has 0 amide bonds. The number of aromatic nitrogens is 3. The standard InChI is InChI=1S/C23H18N3O2S/c1-29(27,28)23-17-12-13-20-19(22(17)25-26-23)14-18(15-8-4-2-5-9-15)21(24-20)16-10-6-3-7-11-16/h2,4-11,14H,12-13H2,1H3,(H,25,26). The van der Waals surface area contributed by atoms with E-state index in [0.717, 1.165) is 39.2 Å². The molecule has 1 aliphatic carbocycles. The Morgan fingerprint density at radius 1 is 0.931 bits per heavy atom. The number of benzene rings is 2. The number of aromatic amines is 1. The van der Waals surface area contributed by atoms with E-state index in [2.05, 4.69) is 34.5 Å². The summed E-state index contributed by atoms with van der Waals surface area (Å²) in [6.45, 7) is 0. The number of rotatable bonds is 3. The molecule has 2 heterocycles. The van der Waals surface area contributed by atoms with Crippen LogP contribution in [0.15, 0.2) is 65.7 Å². The number of aryl methyl sites for hydroxylation is 1. The van der Waals surface area contributed by atoms with Gasteiger partial charge >= 0.3 is 0 Å². The molecule has 0 saturated carbocycles. The molecule has 0 saturated heterocycles. The Morgan fingerprint density at radius 3 is 2.41 bits per heavy atom. The van der Waals surface area contributed by atoms with E-state index >= 15 is 0 Å². The van der Waals surface area contributed by atoms with Gasteiger partial charge in [0.25, 0.3) is 0 Å². The lowest BCUT2D eigenvalue weighted by Crippen LogP contribution is -2.10. The number of fused-ring (bicyclic) bond motifs is 3. The molecular formula is C23H18N3O2S. The molecule has 29 heavy (non-hydrogen) atoms. The fourth-order valence-electron chi connectivity index (χ4n) is 3.90. The average molecular weight is 400 g/mol. The van der Waals surface area contributed by atoms with Crippen LogP contribution in [0.3, 0.4) is 0 Å². The molecule has 143 valence electrons. The van der Waals surface area contributed by atoms with Crippen molar-refractivity contribution in [1.29, 1.82) is 0 Å². The molecule has 0 atom stereocenters. The first-order valence-corrected chi connectivity index (χ1v) is 11.2. The Kier molecular flexibility index (Phi) is 4.10.